The number of ether oxygens (including phenoxy) is 1. The average molecular weight is 241 g/mol. The Morgan fingerprint density at radius 1 is 1.44 bits per heavy atom. The van der Waals surface area contributed by atoms with Crippen LogP contribution in [0.1, 0.15) is 19.3 Å². The summed E-state index contributed by atoms with van der Waals surface area (Å²) in [6.45, 7) is 1.54. The maximum Gasteiger partial charge on any atom is 0.416 e. The number of hydrogen-bond donors (Lipinski definition) is 2. The highest BCUT2D eigenvalue weighted by molar-refractivity contribution is 4.69. The molecular formula is C10H18F3NO2. The van der Waals surface area contributed by atoms with E-state index >= 15 is 0 Å². The number of aliphatic hydroxyl groups excluding tert-OH is 1. The second-order valence-electron chi connectivity index (χ2n) is 4.13. The summed E-state index contributed by atoms with van der Waals surface area (Å²) in [6.07, 6.45) is -3.99. The lowest BCUT2D eigenvalue weighted by atomic mass is 9.97. The Labute approximate surface area is 93.0 Å². The van der Waals surface area contributed by atoms with Crippen LogP contribution in [0.5, 0.6) is 0 Å². The van der Waals surface area contributed by atoms with Crippen LogP contribution in [0.15, 0.2) is 0 Å². The van der Waals surface area contributed by atoms with Gasteiger partial charge < -0.3 is 15.2 Å². The maximum atomic E-state index is 11.9. The van der Waals surface area contributed by atoms with E-state index in [0.717, 1.165) is 32.4 Å². The predicted octanol–water partition coefficient (Wildman–Crippen LogP) is 1.32. The molecule has 0 radical (unpaired) electrons. The Morgan fingerprint density at radius 3 is 2.75 bits per heavy atom. The molecule has 3 nitrogen and oxygen atoms in total. The fourth-order valence-electron chi connectivity index (χ4n) is 1.71. The smallest absolute Gasteiger partial charge is 0.382 e. The fourth-order valence-corrected chi connectivity index (χ4v) is 1.71. The van der Waals surface area contributed by atoms with Crippen molar-refractivity contribution in [1.29, 1.82) is 0 Å². The Bertz CT molecular complexity index is 193. The predicted molar refractivity (Wildman–Crippen MR) is 53.1 cm³/mol. The van der Waals surface area contributed by atoms with Crippen LogP contribution in [-0.2, 0) is 4.74 Å². The van der Waals surface area contributed by atoms with E-state index in [2.05, 4.69) is 5.32 Å². The van der Waals surface area contributed by atoms with Gasteiger partial charge in [-0.3, -0.25) is 0 Å². The molecular weight excluding hydrogens is 223 g/mol. The highest BCUT2D eigenvalue weighted by Crippen LogP contribution is 2.20. The van der Waals surface area contributed by atoms with Gasteiger partial charge in [0.2, 0.25) is 0 Å². The monoisotopic (exact) mass is 241 g/mol. The lowest BCUT2D eigenvalue weighted by Gasteiger charge is -2.22. The first kappa shape index (κ1) is 13.7. The number of piperidine rings is 1. The van der Waals surface area contributed by atoms with Gasteiger partial charge in [0.15, 0.2) is 6.10 Å². The Balaban J connectivity index is 2.02. The minimum absolute atomic E-state index is 0.277. The number of aliphatic hydroxyl groups is 1. The molecule has 16 heavy (non-hydrogen) atoms. The molecule has 2 unspecified atom stereocenters. The zero-order valence-corrected chi connectivity index (χ0v) is 9.09. The third kappa shape index (κ3) is 5.14. The molecule has 0 saturated carbocycles. The summed E-state index contributed by atoms with van der Waals surface area (Å²) in [5, 5.41) is 11.9. The molecule has 0 bridgehead atoms. The van der Waals surface area contributed by atoms with Crippen LogP contribution in [0.25, 0.3) is 0 Å². The molecule has 6 heteroatoms. The summed E-state index contributed by atoms with van der Waals surface area (Å²) in [5.41, 5.74) is 0. The Morgan fingerprint density at radius 2 is 2.19 bits per heavy atom. The van der Waals surface area contributed by atoms with Crippen LogP contribution >= 0.6 is 0 Å². The van der Waals surface area contributed by atoms with Crippen molar-refractivity contribution in [3.05, 3.63) is 0 Å². The topological polar surface area (TPSA) is 41.5 Å². The molecule has 1 rings (SSSR count). The van der Waals surface area contributed by atoms with Crippen molar-refractivity contribution in [1.82, 2.24) is 5.32 Å². The molecule has 0 aromatic carbocycles. The molecule has 2 atom stereocenters. The van der Waals surface area contributed by atoms with Gasteiger partial charge in [-0.15, -0.1) is 0 Å². The normalized spacial score (nSPS) is 24.4. The van der Waals surface area contributed by atoms with E-state index in [1.54, 1.807) is 0 Å². The molecule has 0 spiro atoms. The van der Waals surface area contributed by atoms with Crippen molar-refractivity contribution in [2.45, 2.75) is 31.5 Å². The molecule has 0 aromatic rings. The standard InChI is InChI=1S/C10H18F3NO2/c11-10(12,13)9(15)7-16-5-3-8-2-1-4-14-6-8/h8-9,14-15H,1-7H2. The van der Waals surface area contributed by atoms with Crippen molar-refractivity contribution < 1.29 is 23.0 Å². The second kappa shape index (κ2) is 6.42. The number of alkyl halides is 3. The van der Waals surface area contributed by atoms with Gasteiger partial charge in [0.05, 0.1) is 6.61 Å². The summed E-state index contributed by atoms with van der Waals surface area (Å²) in [5.74, 6) is 0.483. The van der Waals surface area contributed by atoms with Crippen molar-refractivity contribution in [3.63, 3.8) is 0 Å². The Hall–Kier alpha value is -0.330. The van der Waals surface area contributed by atoms with E-state index in [4.69, 9.17) is 9.84 Å². The van der Waals surface area contributed by atoms with Gasteiger partial charge in [-0.25, -0.2) is 0 Å². The third-order valence-corrected chi connectivity index (χ3v) is 2.72. The maximum absolute atomic E-state index is 11.9. The number of hydrogen-bond acceptors (Lipinski definition) is 3. The van der Waals surface area contributed by atoms with Gasteiger partial charge in [-0.05, 0) is 38.3 Å². The van der Waals surface area contributed by atoms with Crippen molar-refractivity contribution in [2.24, 2.45) is 5.92 Å². The summed E-state index contributed by atoms with van der Waals surface area (Å²) in [4.78, 5) is 0. The van der Waals surface area contributed by atoms with E-state index in [1.807, 2.05) is 0 Å². The van der Waals surface area contributed by atoms with Gasteiger partial charge in [0.25, 0.3) is 0 Å². The quantitative estimate of drug-likeness (QED) is 0.713. The molecule has 0 aromatic heterocycles. The van der Waals surface area contributed by atoms with E-state index in [1.165, 1.54) is 0 Å². The van der Waals surface area contributed by atoms with Crippen LogP contribution in [0.4, 0.5) is 13.2 Å². The second-order valence-corrected chi connectivity index (χ2v) is 4.13. The molecule has 1 fully saturated rings. The SMILES string of the molecule is OC(COCCC1CCCNC1)C(F)(F)F. The van der Waals surface area contributed by atoms with E-state index in [0.29, 0.717) is 5.92 Å². The highest BCUT2D eigenvalue weighted by atomic mass is 19.4. The van der Waals surface area contributed by atoms with Crippen molar-refractivity contribution in [2.75, 3.05) is 26.3 Å². The minimum Gasteiger partial charge on any atom is -0.382 e. The number of nitrogens with one attached hydrogen (secondary N) is 1. The van der Waals surface area contributed by atoms with Gasteiger partial charge in [0.1, 0.15) is 0 Å². The average Bonchev–Trinajstić information content (AvgIpc) is 2.24. The third-order valence-electron chi connectivity index (χ3n) is 2.72. The molecule has 0 aliphatic carbocycles. The largest absolute Gasteiger partial charge is 0.416 e. The molecule has 1 aliphatic heterocycles. The zero-order chi connectivity index (χ0) is 12.0. The van der Waals surface area contributed by atoms with Gasteiger partial charge in [-0.1, -0.05) is 0 Å². The highest BCUT2D eigenvalue weighted by Gasteiger charge is 2.38. The van der Waals surface area contributed by atoms with Crippen LogP contribution in [0, 0.1) is 5.92 Å². The van der Waals surface area contributed by atoms with Crippen LogP contribution in [0.2, 0.25) is 0 Å². The van der Waals surface area contributed by atoms with E-state index in [-0.39, 0.29) is 6.61 Å². The molecule has 1 saturated heterocycles. The first-order valence-electron chi connectivity index (χ1n) is 5.53. The summed E-state index contributed by atoms with van der Waals surface area (Å²) >= 11 is 0. The first-order chi connectivity index (χ1) is 7.50. The summed E-state index contributed by atoms with van der Waals surface area (Å²) in [6, 6.07) is 0. The molecule has 96 valence electrons. The van der Waals surface area contributed by atoms with E-state index in [9.17, 15) is 13.2 Å². The van der Waals surface area contributed by atoms with Crippen LogP contribution in [-0.4, -0.2) is 43.7 Å². The molecule has 1 heterocycles. The lowest BCUT2D eigenvalue weighted by molar-refractivity contribution is -0.217. The zero-order valence-electron chi connectivity index (χ0n) is 9.09. The van der Waals surface area contributed by atoms with Crippen LogP contribution in [0.3, 0.4) is 0 Å². The first-order valence-corrected chi connectivity index (χ1v) is 5.53. The van der Waals surface area contributed by atoms with Gasteiger partial charge >= 0.3 is 6.18 Å². The molecule has 0 amide bonds. The molecule has 1 aliphatic rings. The lowest BCUT2D eigenvalue weighted by Crippen LogP contribution is -2.34. The van der Waals surface area contributed by atoms with Gasteiger partial charge in [-0.2, -0.15) is 13.2 Å². The van der Waals surface area contributed by atoms with Crippen molar-refractivity contribution in [3.8, 4) is 0 Å². The van der Waals surface area contributed by atoms with E-state index < -0.39 is 18.9 Å². The summed E-state index contributed by atoms with van der Waals surface area (Å²) in [7, 11) is 0. The van der Waals surface area contributed by atoms with Gasteiger partial charge in [0, 0.05) is 6.61 Å². The number of rotatable bonds is 5. The fraction of sp³-hybridized carbons (Fsp3) is 1.00. The number of halogens is 3. The minimum atomic E-state index is -4.58. The summed E-state index contributed by atoms with van der Waals surface area (Å²) < 4.78 is 40.5. The van der Waals surface area contributed by atoms with Crippen LogP contribution < -0.4 is 5.32 Å². The Kier molecular flexibility index (Phi) is 5.51. The van der Waals surface area contributed by atoms with Crippen molar-refractivity contribution >= 4 is 0 Å². The molecule has 2 N–H and O–H groups in total.